The van der Waals surface area contributed by atoms with Crippen LogP contribution in [0.3, 0.4) is 0 Å². The summed E-state index contributed by atoms with van der Waals surface area (Å²) in [4.78, 5) is 17.4. The van der Waals surface area contributed by atoms with Crippen LogP contribution in [0.15, 0.2) is 109 Å². The molecule has 8 nitrogen and oxygen atoms in total. The Morgan fingerprint density at radius 2 is 1.37 bits per heavy atom. The first-order chi connectivity index (χ1) is 23.8. The molecule has 49 heavy (non-hydrogen) atoms. The van der Waals surface area contributed by atoms with E-state index in [0.29, 0.717) is 40.2 Å². The third kappa shape index (κ3) is 5.74. The molecule has 7 aromatic rings. The van der Waals surface area contributed by atoms with Crippen LogP contribution in [0.1, 0.15) is 47.9 Å². The lowest BCUT2D eigenvalue weighted by molar-refractivity contribution is -0.145. The van der Waals surface area contributed by atoms with Gasteiger partial charge in [0.2, 0.25) is 11.8 Å². The molecule has 0 saturated carbocycles. The Morgan fingerprint density at radius 1 is 0.694 bits per heavy atom. The number of methoxy groups -OCH3 is 2. The first-order valence-corrected chi connectivity index (χ1v) is 16.3. The van der Waals surface area contributed by atoms with E-state index in [0.717, 1.165) is 50.9 Å². The SMILES string of the molecule is COc1ccc(C(O)(c2ccc(OC)c(CCCCCC(=O)On3c(O)ccc3O)c2)c2cc3cccc4ccc5cccc2c5c43)cc1. The van der Waals surface area contributed by atoms with Gasteiger partial charge in [-0.15, -0.1) is 4.73 Å². The quantitative estimate of drug-likeness (QED) is 0.0699. The fourth-order valence-corrected chi connectivity index (χ4v) is 6.97. The van der Waals surface area contributed by atoms with Crippen molar-refractivity contribution >= 4 is 38.3 Å². The number of aromatic nitrogens is 1. The Kier molecular flexibility index (Phi) is 8.48. The van der Waals surface area contributed by atoms with E-state index >= 15 is 0 Å². The highest BCUT2D eigenvalue weighted by Crippen LogP contribution is 2.46. The van der Waals surface area contributed by atoms with Crippen LogP contribution in [0, 0.1) is 0 Å². The molecule has 0 bridgehead atoms. The van der Waals surface area contributed by atoms with E-state index in [1.165, 1.54) is 17.5 Å². The Balaban J connectivity index is 1.24. The normalized spacial score (nSPS) is 12.8. The number of hydrogen-bond acceptors (Lipinski definition) is 7. The highest BCUT2D eigenvalue weighted by atomic mass is 16.7. The average molecular weight is 656 g/mol. The summed E-state index contributed by atoms with van der Waals surface area (Å²) in [5, 5.41) is 39.3. The van der Waals surface area contributed by atoms with Gasteiger partial charge in [0.25, 0.3) is 0 Å². The van der Waals surface area contributed by atoms with E-state index in [1.54, 1.807) is 14.2 Å². The second-order valence-corrected chi connectivity index (χ2v) is 12.3. The molecule has 8 heteroatoms. The van der Waals surface area contributed by atoms with Crippen molar-refractivity contribution in [1.82, 2.24) is 4.73 Å². The van der Waals surface area contributed by atoms with Gasteiger partial charge >= 0.3 is 5.97 Å². The molecule has 1 atom stereocenters. The van der Waals surface area contributed by atoms with E-state index in [-0.39, 0.29) is 18.2 Å². The summed E-state index contributed by atoms with van der Waals surface area (Å²) < 4.78 is 11.9. The molecule has 1 unspecified atom stereocenters. The number of ether oxygens (including phenoxy) is 2. The number of aliphatic hydroxyl groups is 1. The zero-order valence-electron chi connectivity index (χ0n) is 27.3. The predicted molar refractivity (Wildman–Crippen MR) is 190 cm³/mol. The first-order valence-electron chi connectivity index (χ1n) is 16.3. The van der Waals surface area contributed by atoms with E-state index in [4.69, 9.17) is 14.3 Å². The molecule has 3 N–H and O–H groups in total. The number of aryl methyl sites for hydroxylation is 1. The maximum atomic E-state index is 13.2. The molecule has 0 fully saturated rings. The molecule has 0 spiro atoms. The molecule has 1 heterocycles. The number of benzene rings is 6. The zero-order chi connectivity index (χ0) is 34.1. The lowest BCUT2D eigenvalue weighted by Gasteiger charge is -2.33. The largest absolute Gasteiger partial charge is 0.497 e. The van der Waals surface area contributed by atoms with Crippen LogP contribution in [-0.2, 0) is 16.8 Å². The van der Waals surface area contributed by atoms with Crippen LogP contribution in [0.25, 0.3) is 32.3 Å². The van der Waals surface area contributed by atoms with Gasteiger partial charge in [-0.2, -0.15) is 0 Å². The zero-order valence-corrected chi connectivity index (χ0v) is 27.3. The standard InChI is InChI=1S/C41H37NO7/c1-47-32-19-16-30(17-20-32)41(46,34-25-29-11-6-9-26-14-15-27-10-7-12-33(34)40(27)39(26)29)31-18-21-35(48-2)28(24-31)8-4-3-5-13-38(45)49-42-36(43)22-23-37(42)44/h6-7,9-12,14-25,43-44,46H,3-5,8,13H2,1-2H3. The van der Waals surface area contributed by atoms with Crippen molar-refractivity contribution in [1.29, 1.82) is 0 Å². The molecule has 0 saturated heterocycles. The minimum absolute atomic E-state index is 0.124. The van der Waals surface area contributed by atoms with Gasteiger partial charge < -0.3 is 29.6 Å². The van der Waals surface area contributed by atoms with Crippen molar-refractivity contribution in [3.05, 3.63) is 131 Å². The molecule has 0 aliphatic heterocycles. The molecule has 0 aliphatic carbocycles. The summed E-state index contributed by atoms with van der Waals surface area (Å²) in [6.07, 6.45) is 2.82. The van der Waals surface area contributed by atoms with Gasteiger partial charge in [-0.1, -0.05) is 73.2 Å². The average Bonchev–Trinajstić information content (AvgIpc) is 3.45. The lowest BCUT2D eigenvalue weighted by Crippen LogP contribution is -2.29. The van der Waals surface area contributed by atoms with Crippen molar-refractivity contribution < 1.29 is 34.4 Å². The number of nitrogens with zero attached hydrogens (tertiary/aromatic N) is 1. The highest BCUT2D eigenvalue weighted by molar-refractivity contribution is 6.24. The fourth-order valence-electron chi connectivity index (χ4n) is 6.97. The van der Waals surface area contributed by atoms with E-state index in [9.17, 15) is 20.1 Å². The summed E-state index contributed by atoms with van der Waals surface area (Å²) in [6, 6.07) is 34.8. The molecule has 0 radical (unpaired) electrons. The summed E-state index contributed by atoms with van der Waals surface area (Å²) in [6.45, 7) is 0. The van der Waals surface area contributed by atoms with Crippen molar-refractivity contribution in [2.24, 2.45) is 0 Å². The molecule has 7 rings (SSSR count). The Morgan fingerprint density at radius 3 is 2.08 bits per heavy atom. The van der Waals surface area contributed by atoms with Crippen molar-refractivity contribution in [2.75, 3.05) is 14.2 Å². The molecular formula is C41H37NO7. The molecular weight excluding hydrogens is 618 g/mol. The summed E-state index contributed by atoms with van der Waals surface area (Å²) >= 11 is 0. The summed E-state index contributed by atoms with van der Waals surface area (Å²) in [7, 11) is 3.26. The molecule has 0 aliphatic rings. The van der Waals surface area contributed by atoms with Crippen LogP contribution in [0.4, 0.5) is 0 Å². The molecule has 0 amide bonds. The maximum Gasteiger partial charge on any atom is 0.333 e. The number of carbonyl (C=O) groups is 1. The fraction of sp³-hybridized carbons (Fsp3) is 0.195. The number of carbonyl (C=O) groups excluding carboxylic acids is 1. The second kappa shape index (κ2) is 13.1. The smallest absolute Gasteiger partial charge is 0.333 e. The van der Waals surface area contributed by atoms with Gasteiger partial charge in [0.05, 0.1) is 14.2 Å². The van der Waals surface area contributed by atoms with Crippen molar-refractivity contribution in [3.63, 3.8) is 0 Å². The third-order valence-electron chi connectivity index (χ3n) is 9.42. The van der Waals surface area contributed by atoms with Gasteiger partial charge in [-0.25, -0.2) is 4.79 Å². The van der Waals surface area contributed by atoms with Crippen LogP contribution in [0.5, 0.6) is 23.3 Å². The van der Waals surface area contributed by atoms with E-state index in [2.05, 4.69) is 48.5 Å². The lowest BCUT2D eigenvalue weighted by atomic mass is 9.76. The van der Waals surface area contributed by atoms with Crippen molar-refractivity contribution in [2.45, 2.75) is 37.7 Å². The monoisotopic (exact) mass is 655 g/mol. The minimum atomic E-state index is -1.53. The highest BCUT2D eigenvalue weighted by Gasteiger charge is 2.37. The summed E-state index contributed by atoms with van der Waals surface area (Å²) in [5.41, 5.74) is 1.60. The van der Waals surface area contributed by atoms with E-state index < -0.39 is 11.6 Å². The predicted octanol–water partition coefficient (Wildman–Crippen LogP) is 7.86. The minimum Gasteiger partial charge on any atom is -0.497 e. The summed E-state index contributed by atoms with van der Waals surface area (Å²) in [5.74, 6) is 0.151. The topological polar surface area (TPSA) is 110 Å². The van der Waals surface area contributed by atoms with Gasteiger partial charge in [0, 0.05) is 24.1 Å². The number of unbranched alkanes of at least 4 members (excludes halogenated alkanes) is 2. The Bertz CT molecular complexity index is 2250. The van der Waals surface area contributed by atoms with Crippen LogP contribution in [-0.4, -0.2) is 40.2 Å². The number of hydrogen-bond donors (Lipinski definition) is 3. The second-order valence-electron chi connectivity index (χ2n) is 12.3. The number of aromatic hydroxyl groups is 2. The van der Waals surface area contributed by atoms with Gasteiger partial charge in [0.1, 0.15) is 17.1 Å². The van der Waals surface area contributed by atoms with Crippen molar-refractivity contribution in [3.8, 4) is 23.3 Å². The van der Waals surface area contributed by atoms with Crippen LogP contribution < -0.4 is 14.3 Å². The van der Waals surface area contributed by atoms with Gasteiger partial charge in [-0.05, 0) is 98.6 Å². The Labute approximate surface area is 283 Å². The first kappa shape index (κ1) is 31.8. The third-order valence-corrected chi connectivity index (χ3v) is 9.42. The van der Waals surface area contributed by atoms with Gasteiger partial charge in [0.15, 0.2) is 0 Å². The van der Waals surface area contributed by atoms with Gasteiger partial charge in [-0.3, -0.25) is 0 Å². The van der Waals surface area contributed by atoms with E-state index in [1.807, 2.05) is 48.5 Å². The Hall–Kier alpha value is -5.73. The van der Waals surface area contributed by atoms with Crippen LogP contribution in [0.2, 0.25) is 0 Å². The van der Waals surface area contributed by atoms with Crippen LogP contribution >= 0.6 is 0 Å². The number of rotatable bonds is 12. The molecule has 248 valence electrons. The maximum absolute atomic E-state index is 13.2. The molecule has 1 aromatic heterocycles. The molecule has 6 aromatic carbocycles.